The molecule has 0 aromatic heterocycles. The maximum absolute atomic E-state index is 4.50. The molecule has 114 valence electrons. The Kier molecular flexibility index (Phi) is 5.77. The molecule has 1 saturated heterocycles. The van der Waals surface area contributed by atoms with Gasteiger partial charge in [-0.1, -0.05) is 55.5 Å². The molecular weight excluding hydrogens is 256 g/mol. The molecule has 21 heavy (non-hydrogen) atoms. The Bertz CT molecular complexity index is 490. The number of benzene rings is 1. The van der Waals surface area contributed by atoms with Crippen LogP contribution in [0.1, 0.15) is 38.3 Å². The van der Waals surface area contributed by atoms with Crippen molar-refractivity contribution in [3.63, 3.8) is 0 Å². The molecule has 0 radical (unpaired) electrons. The van der Waals surface area contributed by atoms with Gasteiger partial charge in [0.2, 0.25) is 0 Å². The molecule has 2 aliphatic rings. The molecule has 2 heteroatoms. The fourth-order valence-corrected chi connectivity index (χ4v) is 3.18. The molecule has 1 aromatic rings. The summed E-state index contributed by atoms with van der Waals surface area (Å²) in [6.07, 6.45) is 9.51. The minimum absolute atomic E-state index is 0.543. The van der Waals surface area contributed by atoms with E-state index in [-0.39, 0.29) is 0 Å². The van der Waals surface area contributed by atoms with Crippen LogP contribution in [0.15, 0.2) is 54.1 Å². The minimum atomic E-state index is 0.543. The van der Waals surface area contributed by atoms with Crippen LogP contribution in [0.25, 0.3) is 0 Å². The maximum Gasteiger partial charge on any atom is 0.0324 e. The van der Waals surface area contributed by atoms with E-state index in [2.05, 4.69) is 73.0 Å². The van der Waals surface area contributed by atoms with Crippen molar-refractivity contribution < 1.29 is 0 Å². The Labute approximate surface area is 129 Å². The summed E-state index contributed by atoms with van der Waals surface area (Å²) >= 11 is 0. The van der Waals surface area contributed by atoms with E-state index in [4.69, 9.17) is 0 Å². The highest BCUT2D eigenvalue weighted by atomic mass is 15.3. The van der Waals surface area contributed by atoms with Crippen molar-refractivity contribution in [1.29, 1.82) is 0 Å². The van der Waals surface area contributed by atoms with E-state index in [1.165, 1.54) is 32.0 Å². The zero-order valence-electron chi connectivity index (χ0n) is 13.5. The first-order valence-electron chi connectivity index (χ1n) is 8.02. The van der Waals surface area contributed by atoms with Gasteiger partial charge in [0.1, 0.15) is 0 Å². The molecule has 0 spiro atoms. The molecule has 0 amide bonds. The smallest absolute Gasteiger partial charge is 0.0324 e. The van der Waals surface area contributed by atoms with Gasteiger partial charge in [-0.2, -0.15) is 0 Å². The van der Waals surface area contributed by atoms with Crippen molar-refractivity contribution >= 4 is 0 Å². The lowest BCUT2D eigenvalue weighted by molar-refractivity contribution is 0.377. The first kappa shape index (κ1) is 16.0. The van der Waals surface area contributed by atoms with Crippen molar-refractivity contribution in [2.45, 2.75) is 38.8 Å². The average Bonchev–Trinajstić information content (AvgIpc) is 3.37. The highest BCUT2D eigenvalue weighted by Gasteiger charge is 2.42. The molecule has 4 atom stereocenters. The quantitative estimate of drug-likeness (QED) is 0.849. The minimum Gasteiger partial charge on any atom is -0.333 e. The number of nitrogens with two attached hydrogens (primary N) is 1. The Morgan fingerprint density at radius 1 is 1.10 bits per heavy atom. The van der Waals surface area contributed by atoms with Crippen molar-refractivity contribution in [3.05, 3.63) is 59.7 Å². The van der Waals surface area contributed by atoms with Gasteiger partial charge < -0.3 is 5.73 Å². The van der Waals surface area contributed by atoms with Gasteiger partial charge in [0.05, 0.1) is 0 Å². The summed E-state index contributed by atoms with van der Waals surface area (Å²) in [6, 6.07) is 12.1. The third kappa shape index (κ3) is 3.84. The zero-order chi connectivity index (χ0) is 15.2. The summed E-state index contributed by atoms with van der Waals surface area (Å²) < 4.78 is 0. The molecule has 0 saturated carbocycles. The van der Waals surface area contributed by atoms with E-state index in [1.54, 1.807) is 5.57 Å². The van der Waals surface area contributed by atoms with Crippen molar-refractivity contribution in [3.8, 4) is 0 Å². The normalized spacial score (nSPS) is 26.2. The Morgan fingerprint density at radius 2 is 1.81 bits per heavy atom. The summed E-state index contributed by atoms with van der Waals surface area (Å²) in [5.74, 6) is 0.669. The summed E-state index contributed by atoms with van der Waals surface area (Å²) in [5, 5.41) is 0. The van der Waals surface area contributed by atoms with E-state index < -0.39 is 0 Å². The largest absolute Gasteiger partial charge is 0.333 e. The Balaban J connectivity index is 0.000000774. The topological polar surface area (TPSA) is 29.0 Å². The number of rotatable bonds is 4. The van der Waals surface area contributed by atoms with E-state index in [1.807, 2.05) is 0 Å². The van der Waals surface area contributed by atoms with Crippen LogP contribution < -0.4 is 5.73 Å². The molecule has 0 bridgehead atoms. The van der Waals surface area contributed by atoms with Gasteiger partial charge >= 0.3 is 0 Å². The first-order valence-corrected chi connectivity index (χ1v) is 8.02. The molecule has 1 fully saturated rings. The van der Waals surface area contributed by atoms with Crippen molar-refractivity contribution in [1.82, 2.24) is 4.90 Å². The molecule has 2 nitrogen and oxygen atoms in total. The second kappa shape index (κ2) is 7.58. The fourth-order valence-electron chi connectivity index (χ4n) is 3.18. The lowest BCUT2D eigenvalue weighted by atomic mass is 9.93. The number of hydrogen-bond acceptors (Lipinski definition) is 2. The van der Waals surface area contributed by atoms with Gasteiger partial charge in [0.25, 0.3) is 0 Å². The van der Waals surface area contributed by atoms with E-state index in [0.29, 0.717) is 12.0 Å². The van der Waals surface area contributed by atoms with Crippen molar-refractivity contribution in [2.24, 2.45) is 11.7 Å². The standard InChI is InChI=1S/C18H23N.CH5N/c1-14(16-9-5-3-6-10-16)18-13-19(18)15(2)17-11-7-4-8-12-17;1-2/h4-5,7-12,14-15,18H,3,6,13H2,1-2H3;2H2,1H3. The molecule has 2 N–H and O–H groups in total. The summed E-state index contributed by atoms with van der Waals surface area (Å²) in [7, 11) is 1.50. The van der Waals surface area contributed by atoms with Gasteiger partial charge in [0, 0.05) is 18.6 Å². The summed E-state index contributed by atoms with van der Waals surface area (Å²) in [5.41, 5.74) is 7.48. The second-order valence-corrected chi connectivity index (χ2v) is 5.82. The third-order valence-corrected chi connectivity index (χ3v) is 4.60. The van der Waals surface area contributed by atoms with Gasteiger partial charge in [-0.25, -0.2) is 0 Å². The van der Waals surface area contributed by atoms with Gasteiger partial charge in [-0.05, 0) is 43.9 Å². The van der Waals surface area contributed by atoms with Crippen LogP contribution in [-0.2, 0) is 0 Å². The lowest BCUT2D eigenvalue weighted by Gasteiger charge is -2.19. The van der Waals surface area contributed by atoms with Crippen molar-refractivity contribution in [2.75, 3.05) is 13.6 Å². The zero-order valence-corrected chi connectivity index (χ0v) is 13.5. The van der Waals surface area contributed by atoms with Crippen LogP contribution in [-0.4, -0.2) is 24.5 Å². The highest BCUT2D eigenvalue weighted by Crippen LogP contribution is 2.39. The first-order chi connectivity index (χ1) is 10.3. The molecule has 4 unspecified atom stereocenters. The van der Waals surface area contributed by atoms with Crippen LogP contribution in [0.2, 0.25) is 0 Å². The van der Waals surface area contributed by atoms with Crippen LogP contribution in [0.3, 0.4) is 0 Å². The fraction of sp³-hybridized carbons (Fsp3) is 0.474. The number of nitrogens with zero attached hydrogens (tertiary/aromatic N) is 1. The second-order valence-electron chi connectivity index (χ2n) is 5.82. The third-order valence-electron chi connectivity index (χ3n) is 4.60. The van der Waals surface area contributed by atoms with Crippen LogP contribution >= 0.6 is 0 Å². The van der Waals surface area contributed by atoms with Gasteiger partial charge in [-0.3, -0.25) is 4.90 Å². The SMILES string of the molecule is CC(C1=CCCC=C1)C1CN1C(C)c1ccccc1.CN. The molecule has 1 aliphatic carbocycles. The lowest BCUT2D eigenvalue weighted by Crippen LogP contribution is -2.15. The van der Waals surface area contributed by atoms with Gasteiger partial charge in [-0.15, -0.1) is 0 Å². The molecule has 1 heterocycles. The highest BCUT2D eigenvalue weighted by molar-refractivity contribution is 5.28. The molecule has 1 aliphatic heterocycles. The van der Waals surface area contributed by atoms with E-state index in [0.717, 1.165) is 6.04 Å². The van der Waals surface area contributed by atoms with E-state index >= 15 is 0 Å². The van der Waals surface area contributed by atoms with Crippen LogP contribution in [0.4, 0.5) is 0 Å². The van der Waals surface area contributed by atoms with E-state index in [9.17, 15) is 0 Å². The Hall–Kier alpha value is -1.38. The maximum atomic E-state index is 4.50. The summed E-state index contributed by atoms with van der Waals surface area (Å²) in [6.45, 7) is 5.94. The average molecular weight is 284 g/mol. The number of allylic oxidation sites excluding steroid dienone is 3. The molecular formula is C19H28N2. The molecule has 3 rings (SSSR count). The molecule has 1 aromatic carbocycles. The van der Waals surface area contributed by atoms with Crippen LogP contribution in [0.5, 0.6) is 0 Å². The summed E-state index contributed by atoms with van der Waals surface area (Å²) in [4.78, 5) is 2.61. The predicted octanol–water partition coefficient (Wildman–Crippen LogP) is 3.92. The Morgan fingerprint density at radius 3 is 2.43 bits per heavy atom. The van der Waals surface area contributed by atoms with Gasteiger partial charge in [0.15, 0.2) is 0 Å². The van der Waals surface area contributed by atoms with Crippen LogP contribution in [0, 0.1) is 5.92 Å². The number of hydrogen-bond donors (Lipinski definition) is 1. The predicted molar refractivity (Wildman–Crippen MR) is 91.1 cm³/mol. The monoisotopic (exact) mass is 284 g/mol.